The van der Waals surface area contributed by atoms with E-state index in [2.05, 4.69) is 4.90 Å². The standard InChI is InChI=1S/C14H15NO5S/c16-14(17)10-1-2-13-12(7-10)11(9-21(13,18)19)8-15-3-5-20-6-4-15/h1-2,7,9H,3-6,8H2,(H,16,17). The van der Waals surface area contributed by atoms with Crippen molar-refractivity contribution in [2.45, 2.75) is 4.90 Å². The average Bonchev–Trinajstić information content (AvgIpc) is 2.71. The lowest BCUT2D eigenvalue weighted by Gasteiger charge is -2.27. The van der Waals surface area contributed by atoms with E-state index in [1.54, 1.807) is 0 Å². The highest BCUT2D eigenvalue weighted by Crippen LogP contribution is 2.34. The molecule has 1 N–H and O–H groups in total. The molecule has 0 bridgehead atoms. The molecule has 21 heavy (non-hydrogen) atoms. The largest absolute Gasteiger partial charge is 0.478 e. The number of aromatic carboxylic acids is 1. The van der Waals surface area contributed by atoms with Gasteiger partial charge >= 0.3 is 5.97 Å². The van der Waals surface area contributed by atoms with Crippen LogP contribution in [0.5, 0.6) is 0 Å². The SMILES string of the molecule is O=C(O)c1ccc2c(c1)C(CN1CCOCC1)=CS2(=O)=O. The Bertz CT molecular complexity index is 717. The Hall–Kier alpha value is -1.70. The Morgan fingerprint density at radius 2 is 2.00 bits per heavy atom. The normalized spacial score (nSPS) is 20.9. The zero-order valence-electron chi connectivity index (χ0n) is 11.3. The first-order valence-electron chi connectivity index (χ1n) is 6.61. The molecule has 6 nitrogen and oxygen atoms in total. The van der Waals surface area contributed by atoms with Gasteiger partial charge in [0.1, 0.15) is 0 Å². The number of rotatable bonds is 3. The van der Waals surface area contributed by atoms with Crippen molar-refractivity contribution in [1.29, 1.82) is 0 Å². The fourth-order valence-corrected chi connectivity index (χ4v) is 4.06. The number of ether oxygens (including phenoxy) is 1. The summed E-state index contributed by atoms with van der Waals surface area (Å²) in [7, 11) is -3.46. The molecule has 112 valence electrons. The summed E-state index contributed by atoms with van der Waals surface area (Å²) < 4.78 is 29.5. The van der Waals surface area contributed by atoms with E-state index < -0.39 is 15.8 Å². The second-order valence-electron chi connectivity index (χ2n) is 5.09. The Kier molecular flexibility index (Phi) is 3.56. The molecule has 1 aromatic carbocycles. The minimum Gasteiger partial charge on any atom is -0.478 e. The molecular weight excluding hydrogens is 294 g/mol. The molecule has 0 spiro atoms. The molecular formula is C14H15NO5S. The van der Waals surface area contributed by atoms with Crippen molar-refractivity contribution in [1.82, 2.24) is 4.90 Å². The van der Waals surface area contributed by atoms with Gasteiger partial charge in [-0.3, -0.25) is 4.90 Å². The molecule has 1 fully saturated rings. The summed E-state index contributed by atoms with van der Waals surface area (Å²) in [6, 6.07) is 4.13. The zero-order valence-corrected chi connectivity index (χ0v) is 12.1. The molecule has 0 aliphatic carbocycles. The van der Waals surface area contributed by atoms with Gasteiger partial charge in [0.25, 0.3) is 0 Å². The Balaban J connectivity index is 1.96. The van der Waals surface area contributed by atoms with E-state index in [9.17, 15) is 13.2 Å². The van der Waals surface area contributed by atoms with Gasteiger partial charge in [0.05, 0.1) is 23.7 Å². The van der Waals surface area contributed by atoms with Gasteiger partial charge in [-0.1, -0.05) is 0 Å². The minimum atomic E-state index is -3.46. The van der Waals surface area contributed by atoms with Crippen LogP contribution in [0.15, 0.2) is 28.5 Å². The molecule has 0 amide bonds. The lowest BCUT2D eigenvalue weighted by Crippen LogP contribution is -2.37. The molecule has 7 heteroatoms. The number of sulfone groups is 1. The van der Waals surface area contributed by atoms with Crippen LogP contribution in [0.2, 0.25) is 0 Å². The van der Waals surface area contributed by atoms with Crippen LogP contribution in [0.25, 0.3) is 5.57 Å². The van der Waals surface area contributed by atoms with E-state index in [4.69, 9.17) is 9.84 Å². The van der Waals surface area contributed by atoms with Crippen molar-refractivity contribution in [2.75, 3.05) is 32.8 Å². The van der Waals surface area contributed by atoms with E-state index in [1.165, 1.54) is 23.6 Å². The van der Waals surface area contributed by atoms with Crippen LogP contribution >= 0.6 is 0 Å². The molecule has 1 saturated heterocycles. The molecule has 3 rings (SSSR count). The van der Waals surface area contributed by atoms with Crippen LogP contribution in [0.4, 0.5) is 0 Å². The van der Waals surface area contributed by atoms with Crippen molar-refractivity contribution in [3.8, 4) is 0 Å². The summed E-state index contributed by atoms with van der Waals surface area (Å²) in [4.78, 5) is 13.4. The minimum absolute atomic E-state index is 0.0960. The second-order valence-corrected chi connectivity index (χ2v) is 6.86. The first-order valence-corrected chi connectivity index (χ1v) is 8.15. The highest BCUT2D eigenvalue weighted by molar-refractivity contribution is 7.95. The number of carboxylic acids is 1. The van der Waals surface area contributed by atoms with E-state index in [0.29, 0.717) is 30.9 Å². The van der Waals surface area contributed by atoms with Gasteiger partial charge in [-0.2, -0.15) is 0 Å². The highest BCUT2D eigenvalue weighted by atomic mass is 32.2. The number of carboxylic acid groups (broad SMARTS) is 1. The van der Waals surface area contributed by atoms with Gasteiger partial charge in [0.2, 0.25) is 9.84 Å². The summed E-state index contributed by atoms with van der Waals surface area (Å²) in [6.07, 6.45) is 0. The average molecular weight is 309 g/mol. The molecule has 0 atom stereocenters. The van der Waals surface area contributed by atoms with Gasteiger partial charge < -0.3 is 9.84 Å². The van der Waals surface area contributed by atoms with E-state index >= 15 is 0 Å². The van der Waals surface area contributed by atoms with Gasteiger partial charge in [-0.15, -0.1) is 0 Å². The summed E-state index contributed by atoms with van der Waals surface area (Å²) in [5, 5.41) is 10.3. The molecule has 0 saturated carbocycles. The Labute approximate surface area is 122 Å². The smallest absolute Gasteiger partial charge is 0.335 e. The quantitative estimate of drug-likeness (QED) is 0.891. The van der Waals surface area contributed by atoms with Crippen LogP contribution < -0.4 is 0 Å². The number of fused-ring (bicyclic) bond motifs is 1. The monoisotopic (exact) mass is 309 g/mol. The highest BCUT2D eigenvalue weighted by Gasteiger charge is 2.29. The second kappa shape index (κ2) is 5.25. The number of carbonyl (C=O) groups is 1. The third-order valence-electron chi connectivity index (χ3n) is 3.67. The fourth-order valence-electron chi connectivity index (χ4n) is 2.60. The number of benzene rings is 1. The molecule has 1 aromatic rings. The van der Waals surface area contributed by atoms with Gasteiger partial charge in [-0.25, -0.2) is 13.2 Å². The van der Waals surface area contributed by atoms with Gasteiger partial charge in [0, 0.05) is 25.0 Å². The van der Waals surface area contributed by atoms with Crippen molar-refractivity contribution in [2.24, 2.45) is 0 Å². The number of nitrogens with zero attached hydrogens (tertiary/aromatic N) is 1. The van der Waals surface area contributed by atoms with E-state index in [1.807, 2.05) is 0 Å². The Morgan fingerprint density at radius 3 is 2.67 bits per heavy atom. The molecule has 2 heterocycles. The first kappa shape index (κ1) is 14.2. The lowest BCUT2D eigenvalue weighted by atomic mass is 10.0. The third-order valence-corrected chi connectivity index (χ3v) is 5.24. The first-order chi connectivity index (χ1) is 9.97. The maximum Gasteiger partial charge on any atom is 0.335 e. The van der Waals surface area contributed by atoms with Crippen molar-refractivity contribution < 1.29 is 23.1 Å². The van der Waals surface area contributed by atoms with Gasteiger partial charge in [0.15, 0.2) is 0 Å². The summed E-state index contributed by atoms with van der Waals surface area (Å²) in [5.41, 5.74) is 1.25. The fraction of sp³-hybridized carbons (Fsp3) is 0.357. The van der Waals surface area contributed by atoms with Crippen LogP contribution in [0.3, 0.4) is 0 Å². The molecule has 2 aliphatic heterocycles. The number of morpholine rings is 1. The van der Waals surface area contributed by atoms with Crippen LogP contribution in [-0.2, 0) is 14.6 Å². The van der Waals surface area contributed by atoms with Crippen molar-refractivity contribution in [3.05, 3.63) is 34.7 Å². The molecule has 0 unspecified atom stereocenters. The van der Waals surface area contributed by atoms with E-state index in [-0.39, 0.29) is 10.5 Å². The molecule has 0 aromatic heterocycles. The van der Waals surface area contributed by atoms with E-state index in [0.717, 1.165) is 13.1 Å². The van der Waals surface area contributed by atoms with Gasteiger partial charge in [-0.05, 0) is 29.3 Å². The van der Waals surface area contributed by atoms with Crippen molar-refractivity contribution >= 4 is 21.4 Å². The number of hydrogen-bond acceptors (Lipinski definition) is 5. The lowest BCUT2D eigenvalue weighted by molar-refractivity contribution is 0.0444. The maximum atomic E-state index is 12.1. The van der Waals surface area contributed by atoms with Crippen molar-refractivity contribution in [3.63, 3.8) is 0 Å². The summed E-state index contributed by atoms with van der Waals surface area (Å²) in [6.45, 7) is 3.22. The van der Waals surface area contributed by atoms with Crippen LogP contribution in [0, 0.1) is 0 Å². The number of hydrogen-bond donors (Lipinski definition) is 1. The Morgan fingerprint density at radius 1 is 1.29 bits per heavy atom. The molecule has 0 radical (unpaired) electrons. The zero-order chi connectivity index (χ0) is 15.0. The molecule has 2 aliphatic rings. The van der Waals surface area contributed by atoms with Crippen LogP contribution in [0.1, 0.15) is 15.9 Å². The predicted molar refractivity (Wildman–Crippen MR) is 75.8 cm³/mol. The topological polar surface area (TPSA) is 83.9 Å². The third kappa shape index (κ3) is 2.72. The summed E-state index contributed by atoms with van der Waals surface area (Å²) >= 11 is 0. The maximum absolute atomic E-state index is 12.1. The van der Waals surface area contributed by atoms with Crippen LogP contribution in [-0.4, -0.2) is 57.2 Å². The summed E-state index contributed by atoms with van der Waals surface area (Å²) in [5.74, 6) is -1.06. The predicted octanol–water partition coefficient (Wildman–Crippen LogP) is 0.845.